The van der Waals surface area contributed by atoms with Crippen LogP contribution in [0.15, 0.2) is 65.3 Å². The summed E-state index contributed by atoms with van der Waals surface area (Å²) in [6, 6.07) is 15.5. The second-order valence-electron chi connectivity index (χ2n) is 11.0. The Morgan fingerprint density at radius 3 is 2.36 bits per heavy atom. The number of benzene rings is 1. The zero-order valence-electron chi connectivity index (χ0n) is 21.4. The number of pyridine rings is 2. The van der Waals surface area contributed by atoms with Crippen LogP contribution in [0, 0.1) is 0 Å². The second-order valence-corrected chi connectivity index (χ2v) is 11.5. The molecule has 0 saturated carbocycles. The van der Waals surface area contributed by atoms with Gasteiger partial charge in [-0.05, 0) is 49.6 Å². The van der Waals surface area contributed by atoms with Gasteiger partial charge in [-0.2, -0.15) is 0 Å². The number of nitrogens with zero attached hydrogens (tertiary/aromatic N) is 4. The Bertz CT molecular complexity index is 1410. The summed E-state index contributed by atoms with van der Waals surface area (Å²) in [6.45, 7) is 12.7. The van der Waals surface area contributed by atoms with Gasteiger partial charge in [-0.1, -0.05) is 44.5 Å². The minimum atomic E-state index is -0.383. The number of rotatable bonds is 3. The highest BCUT2D eigenvalue weighted by molar-refractivity contribution is 6.30. The molecule has 5 rings (SSSR count). The van der Waals surface area contributed by atoms with Crippen LogP contribution >= 0.6 is 11.6 Å². The first-order chi connectivity index (χ1) is 17.0. The van der Waals surface area contributed by atoms with Crippen LogP contribution in [0.25, 0.3) is 22.4 Å². The number of hydrogen-bond acceptors (Lipinski definition) is 5. The van der Waals surface area contributed by atoms with Crippen LogP contribution in [0.4, 0.5) is 5.69 Å². The number of furan rings is 1. The first-order valence-electron chi connectivity index (χ1n) is 12.2. The van der Waals surface area contributed by atoms with Gasteiger partial charge in [0, 0.05) is 59.9 Å². The summed E-state index contributed by atoms with van der Waals surface area (Å²) in [5, 5.41) is 0.679. The highest BCUT2D eigenvalue weighted by atomic mass is 35.5. The monoisotopic (exact) mass is 502 g/mol. The maximum Gasteiger partial charge on any atom is 0.290 e. The molecule has 1 aliphatic rings. The van der Waals surface area contributed by atoms with Gasteiger partial charge in [0.1, 0.15) is 5.52 Å². The third kappa shape index (κ3) is 4.58. The van der Waals surface area contributed by atoms with Crippen molar-refractivity contribution in [3.63, 3.8) is 0 Å². The van der Waals surface area contributed by atoms with Crippen molar-refractivity contribution in [2.45, 2.75) is 45.6 Å². The maximum atomic E-state index is 13.7. The number of amides is 1. The van der Waals surface area contributed by atoms with E-state index in [1.54, 1.807) is 18.5 Å². The van der Waals surface area contributed by atoms with Gasteiger partial charge >= 0.3 is 0 Å². The van der Waals surface area contributed by atoms with Crippen LogP contribution in [0.5, 0.6) is 0 Å². The number of halogens is 1. The fraction of sp³-hybridized carbons (Fsp3) is 0.345. The minimum absolute atomic E-state index is 0.111. The van der Waals surface area contributed by atoms with Crippen molar-refractivity contribution in [2.75, 3.05) is 24.5 Å². The van der Waals surface area contributed by atoms with Crippen LogP contribution in [0.3, 0.4) is 0 Å². The van der Waals surface area contributed by atoms with Gasteiger partial charge in [-0.15, -0.1) is 0 Å². The Morgan fingerprint density at radius 2 is 1.72 bits per heavy atom. The molecule has 0 atom stereocenters. The Morgan fingerprint density at radius 1 is 1.03 bits per heavy atom. The number of carbonyl (C=O) groups is 1. The van der Waals surface area contributed by atoms with Crippen molar-refractivity contribution in [1.29, 1.82) is 0 Å². The molecule has 7 heteroatoms. The smallest absolute Gasteiger partial charge is 0.290 e. The van der Waals surface area contributed by atoms with E-state index in [0.717, 1.165) is 35.6 Å². The van der Waals surface area contributed by atoms with Crippen molar-refractivity contribution < 1.29 is 9.21 Å². The molecule has 1 saturated heterocycles. The molecule has 1 amide bonds. The molecule has 4 heterocycles. The summed E-state index contributed by atoms with van der Waals surface area (Å²) >= 11 is 6.09. The normalized spacial score (nSPS) is 15.9. The molecular weight excluding hydrogens is 472 g/mol. The zero-order valence-corrected chi connectivity index (χ0v) is 22.1. The van der Waals surface area contributed by atoms with E-state index in [2.05, 4.69) is 50.6 Å². The van der Waals surface area contributed by atoms with Crippen LogP contribution in [-0.2, 0) is 5.41 Å². The van der Waals surface area contributed by atoms with Crippen LogP contribution < -0.4 is 4.90 Å². The molecule has 6 nitrogen and oxygen atoms in total. The SMILES string of the molecule is CC(C)(C)c1cc(-c2ccc(Cl)cc2)nc2cc(C(=O)N3CCN(c4ccncc4)CC3(C)C)oc12. The van der Waals surface area contributed by atoms with E-state index >= 15 is 0 Å². The summed E-state index contributed by atoms with van der Waals surface area (Å²) in [6.07, 6.45) is 3.60. The molecule has 3 aromatic heterocycles. The third-order valence-electron chi connectivity index (χ3n) is 6.81. The van der Waals surface area contributed by atoms with Crippen molar-refractivity contribution in [3.8, 4) is 11.3 Å². The van der Waals surface area contributed by atoms with Crippen molar-refractivity contribution in [3.05, 3.63) is 77.3 Å². The fourth-order valence-corrected chi connectivity index (χ4v) is 5.02. The van der Waals surface area contributed by atoms with Crippen LogP contribution in [0.2, 0.25) is 5.02 Å². The average Bonchev–Trinajstić information content (AvgIpc) is 3.27. The number of fused-ring (bicyclic) bond motifs is 1. The van der Waals surface area contributed by atoms with E-state index in [-0.39, 0.29) is 16.9 Å². The number of piperazine rings is 1. The van der Waals surface area contributed by atoms with E-state index in [1.807, 2.05) is 41.3 Å². The molecule has 0 spiro atoms. The molecule has 36 heavy (non-hydrogen) atoms. The van der Waals surface area contributed by atoms with Gasteiger partial charge in [-0.3, -0.25) is 9.78 Å². The lowest BCUT2D eigenvalue weighted by Crippen LogP contribution is -2.61. The Labute approximate surface area is 216 Å². The first kappa shape index (κ1) is 24.3. The lowest BCUT2D eigenvalue weighted by molar-refractivity contribution is 0.0484. The average molecular weight is 503 g/mol. The maximum absolute atomic E-state index is 13.7. The van der Waals surface area contributed by atoms with Gasteiger partial charge in [-0.25, -0.2) is 4.98 Å². The van der Waals surface area contributed by atoms with E-state index in [4.69, 9.17) is 21.0 Å². The van der Waals surface area contributed by atoms with Gasteiger partial charge in [0.25, 0.3) is 5.91 Å². The van der Waals surface area contributed by atoms with Crippen molar-refractivity contribution in [1.82, 2.24) is 14.9 Å². The fourth-order valence-electron chi connectivity index (χ4n) is 4.89. The Hall–Kier alpha value is -3.38. The Balaban J connectivity index is 1.50. The van der Waals surface area contributed by atoms with Crippen LogP contribution in [-0.4, -0.2) is 45.9 Å². The predicted octanol–water partition coefficient (Wildman–Crippen LogP) is 6.58. The molecule has 0 radical (unpaired) electrons. The zero-order chi connectivity index (χ0) is 25.7. The number of carbonyl (C=O) groups excluding carboxylic acids is 1. The van der Waals surface area contributed by atoms with Gasteiger partial charge in [0.05, 0.1) is 11.2 Å². The van der Waals surface area contributed by atoms with Gasteiger partial charge < -0.3 is 14.2 Å². The highest BCUT2D eigenvalue weighted by Gasteiger charge is 2.38. The topological polar surface area (TPSA) is 62.5 Å². The summed E-state index contributed by atoms with van der Waals surface area (Å²) < 4.78 is 6.26. The summed E-state index contributed by atoms with van der Waals surface area (Å²) in [7, 11) is 0. The lowest BCUT2D eigenvalue weighted by Gasteiger charge is -2.47. The molecular formula is C29H31ClN4O2. The van der Waals surface area contributed by atoms with E-state index in [9.17, 15) is 4.79 Å². The van der Waals surface area contributed by atoms with Crippen LogP contribution in [0.1, 0.15) is 50.7 Å². The predicted molar refractivity (Wildman–Crippen MR) is 145 cm³/mol. The highest BCUT2D eigenvalue weighted by Crippen LogP contribution is 2.36. The number of anilines is 1. The molecule has 1 fully saturated rings. The van der Waals surface area contributed by atoms with E-state index in [1.165, 1.54) is 0 Å². The molecule has 186 valence electrons. The first-order valence-corrected chi connectivity index (χ1v) is 12.6. The van der Waals surface area contributed by atoms with Crippen molar-refractivity contribution >= 4 is 34.3 Å². The third-order valence-corrected chi connectivity index (χ3v) is 7.06. The number of aromatic nitrogens is 2. The summed E-state index contributed by atoms with van der Waals surface area (Å²) in [4.78, 5) is 26.9. The molecule has 0 unspecified atom stereocenters. The van der Waals surface area contributed by atoms with E-state index in [0.29, 0.717) is 28.4 Å². The minimum Gasteiger partial charge on any atom is -0.449 e. The molecule has 0 N–H and O–H groups in total. The van der Waals surface area contributed by atoms with Crippen molar-refractivity contribution in [2.24, 2.45) is 0 Å². The lowest BCUT2D eigenvalue weighted by atomic mass is 9.86. The van der Waals surface area contributed by atoms with Gasteiger partial charge in [0.2, 0.25) is 0 Å². The van der Waals surface area contributed by atoms with Gasteiger partial charge in [0.15, 0.2) is 11.3 Å². The second kappa shape index (κ2) is 8.93. The molecule has 0 aliphatic carbocycles. The standard InChI is InChI=1S/C29H31ClN4O2/c1-28(2,3)22-16-23(19-6-8-20(30)9-7-19)32-24-17-25(36-26(22)24)27(35)34-15-14-33(18-29(34,4)5)21-10-12-31-13-11-21/h6-13,16-17H,14-15,18H2,1-5H3. The summed E-state index contributed by atoms with van der Waals surface area (Å²) in [5.41, 5.74) is 4.69. The quantitative estimate of drug-likeness (QED) is 0.316. The molecule has 1 aliphatic heterocycles. The molecule has 4 aromatic rings. The largest absolute Gasteiger partial charge is 0.449 e. The van der Waals surface area contributed by atoms with E-state index < -0.39 is 0 Å². The Kier molecular flexibility index (Phi) is 6.03. The molecule has 1 aromatic carbocycles. The number of hydrogen-bond donors (Lipinski definition) is 0. The molecule has 0 bridgehead atoms. The summed E-state index contributed by atoms with van der Waals surface area (Å²) in [5.74, 6) is 0.210.